The summed E-state index contributed by atoms with van der Waals surface area (Å²) in [5, 5.41) is 14.5. The van der Waals surface area contributed by atoms with Crippen LogP contribution in [0.25, 0.3) is 39.0 Å². The highest BCUT2D eigenvalue weighted by Gasteiger charge is 2.16. The largest absolute Gasteiger partial charge is 0.354 e. The normalized spacial score (nSPS) is 15.4. The van der Waals surface area contributed by atoms with Crippen LogP contribution in [0.5, 0.6) is 0 Å². The topological polar surface area (TPSA) is 82.0 Å². The molecule has 126 valence electrons. The molecule has 0 saturated carbocycles. The van der Waals surface area contributed by atoms with Crippen molar-refractivity contribution in [2.45, 2.75) is 0 Å². The fraction of sp³-hybridized carbons (Fsp3) is 0.100. The van der Waals surface area contributed by atoms with Crippen LogP contribution in [0, 0.1) is 0 Å². The molecule has 0 radical (unpaired) electrons. The lowest BCUT2D eigenvalue weighted by Gasteiger charge is -2.14. The van der Waals surface area contributed by atoms with Crippen molar-refractivity contribution in [1.29, 1.82) is 0 Å². The molecule has 0 amide bonds. The summed E-state index contributed by atoms with van der Waals surface area (Å²) in [7, 11) is 0. The summed E-state index contributed by atoms with van der Waals surface area (Å²) in [5.41, 5.74) is 2.95. The quantitative estimate of drug-likeness (QED) is 0.317. The third-order valence-corrected chi connectivity index (χ3v) is 4.62. The number of nitrogens with one attached hydrogen (secondary N) is 2. The molecule has 0 spiro atoms. The lowest BCUT2D eigenvalue weighted by molar-refractivity contribution is 0.954. The zero-order chi connectivity index (χ0) is 17.5. The number of H-pyrrole nitrogens is 1. The number of nitrogens with zero attached hydrogens (tertiary/aromatic N) is 3. The summed E-state index contributed by atoms with van der Waals surface area (Å²) in [6.45, 7) is 1.53. The standard InChI is InChI=1S/C20H15N5O/c26-19-14-5-2-1-4-13(14)16-10-12(11-23-25-20-21-8-9-22-20)24-17-7-3-6-15(19)18(16)17/h1-7,10-11,24H,8-9H2,(H,21,22)/b12-11-,25-23?. The Morgan fingerprint density at radius 2 is 1.88 bits per heavy atom. The van der Waals surface area contributed by atoms with E-state index >= 15 is 0 Å². The first-order valence-electron chi connectivity index (χ1n) is 8.47. The van der Waals surface area contributed by atoms with Crippen LogP contribution in [0.2, 0.25) is 0 Å². The summed E-state index contributed by atoms with van der Waals surface area (Å²) in [6.07, 6.45) is 1.67. The molecule has 5 rings (SSSR count). The molecular weight excluding hydrogens is 326 g/mol. The number of aromatic nitrogens is 1. The summed E-state index contributed by atoms with van der Waals surface area (Å²) >= 11 is 0. The maximum Gasteiger partial charge on any atom is 0.238 e. The van der Waals surface area contributed by atoms with Gasteiger partial charge < -0.3 is 10.3 Å². The molecule has 0 unspecified atom stereocenters. The lowest BCUT2D eigenvalue weighted by atomic mass is 9.91. The van der Waals surface area contributed by atoms with Crippen molar-refractivity contribution in [3.63, 3.8) is 0 Å². The fourth-order valence-electron chi connectivity index (χ4n) is 3.50. The second-order valence-electron chi connectivity index (χ2n) is 6.22. The van der Waals surface area contributed by atoms with E-state index in [0.717, 1.165) is 51.2 Å². The molecule has 0 fully saturated rings. The van der Waals surface area contributed by atoms with Gasteiger partial charge in [0, 0.05) is 28.4 Å². The Balaban J connectivity index is 1.80. The number of azo groups is 1. The van der Waals surface area contributed by atoms with E-state index in [1.807, 2.05) is 48.5 Å². The van der Waals surface area contributed by atoms with Crippen molar-refractivity contribution in [2.24, 2.45) is 15.2 Å². The summed E-state index contributed by atoms with van der Waals surface area (Å²) < 4.78 is 0. The number of hydrogen-bond donors (Lipinski definition) is 2. The average Bonchev–Trinajstić information content (AvgIpc) is 3.19. The molecule has 3 aliphatic rings. The van der Waals surface area contributed by atoms with Gasteiger partial charge in [-0.1, -0.05) is 36.4 Å². The molecule has 0 bridgehead atoms. The SMILES string of the molecule is O=c1c2cccc3[nH]/c(=C\N=NC4=NCCN4)cc(c4ccccc14)-c32. The zero-order valence-electron chi connectivity index (χ0n) is 13.9. The van der Waals surface area contributed by atoms with E-state index in [4.69, 9.17) is 0 Å². The highest BCUT2D eigenvalue weighted by molar-refractivity contribution is 6.10. The molecule has 2 aromatic rings. The highest BCUT2D eigenvalue weighted by Crippen LogP contribution is 2.34. The third kappa shape index (κ3) is 2.27. The van der Waals surface area contributed by atoms with Gasteiger partial charge in [0.2, 0.25) is 5.96 Å². The molecule has 0 saturated heterocycles. The molecule has 2 aromatic carbocycles. The second-order valence-corrected chi connectivity index (χ2v) is 6.22. The van der Waals surface area contributed by atoms with Crippen LogP contribution in [0.3, 0.4) is 0 Å². The van der Waals surface area contributed by atoms with E-state index in [2.05, 4.69) is 25.5 Å². The summed E-state index contributed by atoms with van der Waals surface area (Å²) in [4.78, 5) is 20.3. The summed E-state index contributed by atoms with van der Waals surface area (Å²) in [6, 6.07) is 15.5. The maximum atomic E-state index is 12.8. The number of aliphatic imine (C=N–C) groups is 1. The van der Waals surface area contributed by atoms with E-state index in [0.29, 0.717) is 5.96 Å². The van der Waals surface area contributed by atoms with Crippen molar-refractivity contribution in [1.82, 2.24) is 10.3 Å². The number of fused-ring (bicyclic) bond motifs is 2. The Morgan fingerprint density at radius 1 is 1.04 bits per heavy atom. The molecule has 6 heteroatoms. The van der Waals surface area contributed by atoms with Crippen LogP contribution in [0.15, 0.2) is 68.5 Å². The Hall–Kier alpha value is -3.54. The number of hydrogen-bond acceptors (Lipinski definition) is 5. The van der Waals surface area contributed by atoms with Gasteiger partial charge >= 0.3 is 0 Å². The first kappa shape index (κ1) is 14.8. The van der Waals surface area contributed by atoms with Crippen molar-refractivity contribution in [3.8, 4) is 11.1 Å². The second kappa shape index (κ2) is 5.77. The van der Waals surface area contributed by atoms with E-state index in [-0.39, 0.29) is 5.43 Å². The molecule has 2 aliphatic heterocycles. The van der Waals surface area contributed by atoms with Crippen LogP contribution in [0.1, 0.15) is 0 Å². The van der Waals surface area contributed by atoms with Crippen LogP contribution < -0.4 is 16.1 Å². The van der Waals surface area contributed by atoms with Crippen LogP contribution in [0.4, 0.5) is 0 Å². The maximum absolute atomic E-state index is 12.8. The van der Waals surface area contributed by atoms with Crippen LogP contribution in [-0.2, 0) is 0 Å². The average molecular weight is 341 g/mol. The van der Waals surface area contributed by atoms with Crippen LogP contribution >= 0.6 is 0 Å². The molecule has 0 atom stereocenters. The smallest absolute Gasteiger partial charge is 0.238 e. The van der Waals surface area contributed by atoms with Crippen molar-refractivity contribution < 1.29 is 0 Å². The Labute approximate surface area is 148 Å². The molecule has 6 nitrogen and oxygen atoms in total. The van der Waals surface area contributed by atoms with E-state index in [9.17, 15) is 4.79 Å². The third-order valence-electron chi connectivity index (χ3n) is 4.62. The van der Waals surface area contributed by atoms with Crippen molar-refractivity contribution in [2.75, 3.05) is 13.1 Å². The van der Waals surface area contributed by atoms with Gasteiger partial charge in [-0.15, -0.1) is 5.11 Å². The predicted molar refractivity (Wildman–Crippen MR) is 104 cm³/mol. The van der Waals surface area contributed by atoms with Gasteiger partial charge in [0.15, 0.2) is 5.43 Å². The number of rotatable bonds is 1. The lowest BCUT2D eigenvalue weighted by Crippen LogP contribution is -2.15. The molecule has 1 aliphatic carbocycles. The summed E-state index contributed by atoms with van der Waals surface area (Å²) in [5.74, 6) is 0.557. The Kier molecular flexibility index (Phi) is 3.28. The zero-order valence-corrected chi connectivity index (χ0v) is 13.9. The van der Waals surface area contributed by atoms with Crippen molar-refractivity contribution in [3.05, 3.63) is 64.1 Å². The van der Waals surface area contributed by atoms with E-state index in [1.165, 1.54) is 0 Å². The molecular formula is C20H15N5O. The number of aromatic amines is 1. The Morgan fingerprint density at radius 3 is 2.73 bits per heavy atom. The van der Waals surface area contributed by atoms with E-state index < -0.39 is 0 Å². The van der Waals surface area contributed by atoms with Gasteiger partial charge in [0.1, 0.15) is 0 Å². The molecule has 2 heterocycles. The van der Waals surface area contributed by atoms with Gasteiger partial charge in [-0.05, 0) is 23.1 Å². The van der Waals surface area contributed by atoms with Gasteiger partial charge in [-0.25, -0.2) is 4.99 Å². The van der Waals surface area contributed by atoms with Gasteiger partial charge in [0.25, 0.3) is 0 Å². The monoisotopic (exact) mass is 341 g/mol. The Bertz CT molecular complexity index is 1280. The minimum atomic E-state index is 0.0637. The number of guanidine groups is 1. The van der Waals surface area contributed by atoms with E-state index in [1.54, 1.807) is 6.20 Å². The van der Waals surface area contributed by atoms with Gasteiger partial charge in [-0.2, -0.15) is 5.11 Å². The molecule has 26 heavy (non-hydrogen) atoms. The molecule has 0 aromatic heterocycles. The minimum absolute atomic E-state index is 0.0637. The van der Waals surface area contributed by atoms with Gasteiger partial charge in [-0.3, -0.25) is 4.79 Å². The fourth-order valence-corrected chi connectivity index (χ4v) is 3.50. The van der Waals surface area contributed by atoms with Gasteiger partial charge in [0.05, 0.1) is 18.1 Å². The number of benzene rings is 3. The highest BCUT2D eigenvalue weighted by atomic mass is 16.1. The molecule has 2 N–H and O–H groups in total. The first-order chi connectivity index (χ1) is 12.8. The first-order valence-corrected chi connectivity index (χ1v) is 8.47. The minimum Gasteiger partial charge on any atom is -0.354 e. The number of pyridine rings is 1. The predicted octanol–water partition coefficient (Wildman–Crippen LogP) is 2.65. The van der Waals surface area contributed by atoms with Crippen molar-refractivity contribution >= 4 is 33.8 Å². The van der Waals surface area contributed by atoms with Crippen LogP contribution in [-0.4, -0.2) is 24.0 Å².